The van der Waals surface area contributed by atoms with Crippen LogP contribution >= 0.6 is 0 Å². The molecule has 5 heteroatoms. The summed E-state index contributed by atoms with van der Waals surface area (Å²) in [5, 5.41) is 3.17. The second-order valence-corrected chi connectivity index (χ2v) is 10.5. The molecule has 0 heterocycles. The summed E-state index contributed by atoms with van der Waals surface area (Å²) in [5.74, 6) is -0.516. The molecule has 0 aliphatic carbocycles. The number of hydrogen-bond acceptors (Lipinski definition) is 4. The third-order valence-electron chi connectivity index (χ3n) is 5.27. The van der Waals surface area contributed by atoms with Gasteiger partial charge < -0.3 is 14.8 Å². The van der Waals surface area contributed by atoms with Crippen molar-refractivity contribution in [1.29, 1.82) is 0 Å². The van der Waals surface area contributed by atoms with Crippen LogP contribution in [0.3, 0.4) is 0 Å². The average Bonchev–Trinajstić information content (AvgIpc) is 2.76. The number of nitrogens with one attached hydrogen (secondary N) is 1. The number of carbonyl (C=O) groups is 1. The molecule has 4 nitrogen and oxygen atoms in total. The van der Waals surface area contributed by atoms with E-state index in [1.54, 1.807) is 25.3 Å². The SMILES string of the molecule is CC(=O)c1cccc(OC(C)(C)F)c1.CCC/C(C)=C(/CC(C)(C)C)c1ccc(NC)c(OC)c1. The van der Waals surface area contributed by atoms with Crippen LogP contribution in [0.2, 0.25) is 0 Å². The van der Waals surface area contributed by atoms with Crippen LogP contribution < -0.4 is 14.8 Å². The molecule has 2 aromatic rings. The third-order valence-corrected chi connectivity index (χ3v) is 5.27. The Bertz CT molecular complexity index is 997. The number of methoxy groups -OCH3 is 1. The first-order valence-electron chi connectivity index (χ1n) is 12.2. The number of rotatable bonds is 9. The summed E-state index contributed by atoms with van der Waals surface area (Å²) in [5.41, 5.74) is 6.07. The highest BCUT2D eigenvalue weighted by Crippen LogP contribution is 2.37. The topological polar surface area (TPSA) is 47.6 Å². The number of hydrogen-bond donors (Lipinski definition) is 1. The van der Waals surface area contributed by atoms with Gasteiger partial charge in [-0.3, -0.25) is 4.79 Å². The Kier molecular flexibility index (Phi) is 11.5. The van der Waals surface area contributed by atoms with Crippen LogP contribution in [0, 0.1) is 5.41 Å². The smallest absolute Gasteiger partial charge is 0.242 e. The van der Waals surface area contributed by atoms with Crippen molar-refractivity contribution in [1.82, 2.24) is 0 Å². The van der Waals surface area contributed by atoms with E-state index >= 15 is 0 Å². The van der Waals surface area contributed by atoms with Crippen molar-refractivity contribution in [2.24, 2.45) is 5.41 Å². The molecule has 0 aliphatic rings. The first kappa shape index (κ1) is 30.2. The van der Waals surface area contributed by atoms with E-state index in [9.17, 15) is 9.18 Å². The number of ether oxygens (including phenoxy) is 2. The van der Waals surface area contributed by atoms with Gasteiger partial charge in [-0.2, -0.15) is 4.39 Å². The maximum atomic E-state index is 13.1. The van der Waals surface area contributed by atoms with E-state index < -0.39 is 5.85 Å². The Morgan fingerprint density at radius 2 is 1.66 bits per heavy atom. The number of alkyl halides is 1. The molecule has 0 bridgehead atoms. The third kappa shape index (κ3) is 11.0. The molecule has 194 valence electrons. The van der Waals surface area contributed by atoms with Crippen molar-refractivity contribution in [3.05, 3.63) is 59.2 Å². The fourth-order valence-corrected chi connectivity index (χ4v) is 3.70. The van der Waals surface area contributed by atoms with E-state index in [0.29, 0.717) is 11.3 Å². The predicted molar refractivity (Wildman–Crippen MR) is 146 cm³/mol. The summed E-state index contributed by atoms with van der Waals surface area (Å²) in [4.78, 5) is 11.0. The van der Waals surface area contributed by atoms with Crippen LogP contribution in [0.25, 0.3) is 5.57 Å². The van der Waals surface area contributed by atoms with E-state index in [1.165, 1.54) is 50.0 Å². The molecule has 0 radical (unpaired) electrons. The van der Waals surface area contributed by atoms with E-state index in [2.05, 4.69) is 58.1 Å². The second kappa shape index (κ2) is 13.3. The highest BCUT2D eigenvalue weighted by atomic mass is 19.2. The van der Waals surface area contributed by atoms with Crippen molar-refractivity contribution < 1.29 is 18.7 Å². The summed E-state index contributed by atoms with van der Waals surface area (Å²) < 4.78 is 23.6. The predicted octanol–water partition coefficient (Wildman–Crippen LogP) is 8.72. The fraction of sp³-hybridized carbons (Fsp3) is 0.500. The van der Waals surface area contributed by atoms with Crippen molar-refractivity contribution in [3.8, 4) is 11.5 Å². The molecular weight excluding hydrogens is 441 g/mol. The summed E-state index contributed by atoms with van der Waals surface area (Å²) in [6.07, 6.45) is 3.42. The number of benzene rings is 2. The Morgan fingerprint density at radius 1 is 1.00 bits per heavy atom. The van der Waals surface area contributed by atoms with Crippen molar-refractivity contribution in [3.63, 3.8) is 0 Å². The standard InChI is InChI=1S/C19H31NO.C11H13FO2/c1-8-9-14(2)16(13-19(3,4)5)15-10-11-17(20-6)18(12-15)21-7;1-8(13)9-5-4-6-10(7-9)14-11(2,3)12/h10-12,20H,8-9,13H2,1-7H3;4-7H,1-3H3/b16-14-;. The van der Waals surface area contributed by atoms with Gasteiger partial charge in [0.15, 0.2) is 5.78 Å². The Morgan fingerprint density at radius 3 is 2.14 bits per heavy atom. The van der Waals surface area contributed by atoms with Gasteiger partial charge >= 0.3 is 0 Å². The van der Waals surface area contributed by atoms with E-state index in [-0.39, 0.29) is 11.2 Å². The van der Waals surface area contributed by atoms with E-state index in [4.69, 9.17) is 9.47 Å². The lowest BCUT2D eigenvalue weighted by Gasteiger charge is -2.23. The largest absolute Gasteiger partial charge is 0.495 e. The highest BCUT2D eigenvalue weighted by molar-refractivity contribution is 5.94. The van der Waals surface area contributed by atoms with Gasteiger partial charge in [-0.15, -0.1) is 0 Å². The maximum absolute atomic E-state index is 13.1. The van der Waals surface area contributed by atoms with Gasteiger partial charge in [0.2, 0.25) is 5.85 Å². The first-order valence-corrected chi connectivity index (χ1v) is 12.2. The molecule has 0 amide bonds. The van der Waals surface area contributed by atoms with Crippen molar-refractivity contribution in [2.75, 3.05) is 19.5 Å². The maximum Gasteiger partial charge on any atom is 0.242 e. The normalized spacial score (nSPS) is 12.2. The summed E-state index contributed by atoms with van der Waals surface area (Å²) >= 11 is 0. The molecule has 0 aromatic heterocycles. The number of allylic oxidation sites excluding steroid dienone is 2. The minimum Gasteiger partial charge on any atom is -0.495 e. The minimum absolute atomic E-state index is 0.0629. The fourth-order valence-electron chi connectivity index (χ4n) is 3.70. The molecule has 0 saturated heterocycles. The highest BCUT2D eigenvalue weighted by Gasteiger charge is 2.18. The molecular formula is C30H44FNO3. The van der Waals surface area contributed by atoms with Gasteiger partial charge in [-0.1, -0.05) is 57.9 Å². The zero-order valence-electron chi connectivity index (χ0n) is 23.3. The quantitative estimate of drug-likeness (QED) is 0.361. The van der Waals surface area contributed by atoms with Crippen LogP contribution in [-0.4, -0.2) is 25.8 Å². The van der Waals surface area contributed by atoms with Crippen LogP contribution in [-0.2, 0) is 0 Å². The van der Waals surface area contributed by atoms with Crippen LogP contribution in [0.1, 0.15) is 90.6 Å². The molecule has 0 atom stereocenters. The summed E-state index contributed by atoms with van der Waals surface area (Å²) in [6, 6.07) is 13.0. The van der Waals surface area contributed by atoms with Gasteiger partial charge in [0, 0.05) is 26.5 Å². The number of anilines is 1. The number of ketones is 1. The number of halogens is 1. The minimum atomic E-state index is -1.73. The molecule has 0 spiro atoms. The van der Waals surface area contributed by atoms with E-state index in [1.807, 2.05) is 7.05 Å². The molecule has 0 unspecified atom stereocenters. The van der Waals surface area contributed by atoms with Gasteiger partial charge in [0.25, 0.3) is 0 Å². The first-order chi connectivity index (χ1) is 16.2. The molecule has 1 N–H and O–H groups in total. The van der Waals surface area contributed by atoms with Gasteiger partial charge in [0.1, 0.15) is 11.5 Å². The zero-order valence-corrected chi connectivity index (χ0v) is 23.3. The van der Waals surface area contributed by atoms with E-state index in [0.717, 1.165) is 24.3 Å². The lowest BCUT2D eigenvalue weighted by atomic mass is 9.82. The van der Waals surface area contributed by atoms with Gasteiger partial charge in [0.05, 0.1) is 12.8 Å². The summed E-state index contributed by atoms with van der Waals surface area (Å²) in [7, 11) is 3.65. The van der Waals surface area contributed by atoms with Gasteiger partial charge in [-0.25, -0.2) is 0 Å². The number of carbonyl (C=O) groups excluding carboxylic acids is 1. The molecule has 0 saturated carbocycles. The molecule has 2 aromatic carbocycles. The van der Waals surface area contributed by atoms with Crippen LogP contribution in [0.15, 0.2) is 48.0 Å². The molecule has 0 fully saturated rings. The van der Waals surface area contributed by atoms with Crippen LogP contribution in [0.5, 0.6) is 11.5 Å². The zero-order chi connectivity index (χ0) is 26.8. The number of Topliss-reactive ketones (excluding diaryl/α,β-unsaturated/α-hetero) is 1. The average molecular weight is 486 g/mol. The Hall–Kier alpha value is -2.82. The van der Waals surface area contributed by atoms with Crippen LogP contribution in [0.4, 0.5) is 10.1 Å². The monoisotopic (exact) mass is 485 g/mol. The Labute approximate surface area is 211 Å². The van der Waals surface area contributed by atoms with Crippen molar-refractivity contribution >= 4 is 17.0 Å². The lowest BCUT2D eigenvalue weighted by Crippen LogP contribution is -2.21. The molecule has 35 heavy (non-hydrogen) atoms. The molecule has 0 aliphatic heterocycles. The molecule has 2 rings (SSSR count). The van der Waals surface area contributed by atoms with Crippen molar-refractivity contribution in [2.45, 2.75) is 80.5 Å². The second-order valence-electron chi connectivity index (χ2n) is 10.5. The Balaban J connectivity index is 0.000000379. The summed E-state index contributed by atoms with van der Waals surface area (Å²) in [6.45, 7) is 15.5. The lowest BCUT2D eigenvalue weighted by molar-refractivity contribution is -0.0257. The van der Waals surface area contributed by atoms with Gasteiger partial charge in [-0.05, 0) is 67.5 Å².